The number of rotatable bonds is 7. The van der Waals surface area contributed by atoms with Crippen molar-refractivity contribution in [2.75, 3.05) is 19.7 Å². The summed E-state index contributed by atoms with van der Waals surface area (Å²) in [7, 11) is 2.03. The van der Waals surface area contributed by atoms with Gasteiger partial charge in [0.15, 0.2) is 5.96 Å². The predicted octanol–water partition coefficient (Wildman–Crippen LogP) is 4.06. The maximum Gasteiger partial charge on any atom is 0.191 e. The van der Waals surface area contributed by atoms with Crippen molar-refractivity contribution < 1.29 is 4.74 Å². The van der Waals surface area contributed by atoms with Gasteiger partial charge in [0.25, 0.3) is 0 Å². The first-order valence-electron chi connectivity index (χ1n) is 11.0. The molecule has 2 N–H and O–H groups in total. The third kappa shape index (κ3) is 7.12. The molecule has 7 heteroatoms. The van der Waals surface area contributed by atoms with Crippen LogP contribution in [0.25, 0.3) is 0 Å². The number of nitrogens with zero attached hydrogens (tertiary/aromatic N) is 3. The molecule has 6 nitrogen and oxygen atoms in total. The van der Waals surface area contributed by atoms with E-state index in [1.54, 1.807) is 0 Å². The smallest absolute Gasteiger partial charge is 0.191 e. The third-order valence-electron chi connectivity index (χ3n) is 5.60. The summed E-state index contributed by atoms with van der Waals surface area (Å²) >= 11 is 0. The SMILES string of the molecule is CCNC(=NCc1c(CC)nn(C)c1CC)NCC1CCCOC1C(C)(C)C.I. The molecule has 1 aromatic heterocycles. The lowest BCUT2D eigenvalue weighted by atomic mass is 9.78. The molecule has 0 saturated carbocycles. The quantitative estimate of drug-likeness (QED) is 0.324. The molecule has 2 unspecified atom stereocenters. The molecular formula is C22H42IN5O. The standard InChI is InChI=1S/C22H41N5O.HI/c1-8-18-17(19(9-2)27(7)26-18)15-25-21(23-10-3)24-14-16-12-11-13-28-20(16)22(4,5)6;/h16,20H,8-15H2,1-7H3,(H2,23,24,25);1H. The van der Waals surface area contributed by atoms with Gasteiger partial charge >= 0.3 is 0 Å². The van der Waals surface area contributed by atoms with Crippen LogP contribution in [-0.4, -0.2) is 41.5 Å². The lowest BCUT2D eigenvalue weighted by Crippen LogP contribution is -2.47. The Labute approximate surface area is 194 Å². The highest BCUT2D eigenvalue weighted by molar-refractivity contribution is 14.0. The average molecular weight is 520 g/mol. The van der Waals surface area contributed by atoms with Crippen molar-refractivity contribution in [3.05, 3.63) is 17.0 Å². The Morgan fingerprint density at radius 2 is 1.93 bits per heavy atom. The van der Waals surface area contributed by atoms with Crippen LogP contribution in [0.4, 0.5) is 0 Å². The molecule has 0 amide bonds. The van der Waals surface area contributed by atoms with E-state index in [1.165, 1.54) is 17.7 Å². The van der Waals surface area contributed by atoms with E-state index in [0.717, 1.165) is 50.6 Å². The summed E-state index contributed by atoms with van der Waals surface area (Å²) in [5.74, 6) is 1.39. The fourth-order valence-electron chi connectivity index (χ4n) is 4.31. The van der Waals surface area contributed by atoms with Gasteiger partial charge in [-0.05, 0) is 38.0 Å². The van der Waals surface area contributed by atoms with E-state index in [1.807, 2.05) is 11.7 Å². The summed E-state index contributed by atoms with van der Waals surface area (Å²) in [5, 5.41) is 11.6. The molecule has 1 aliphatic rings. The molecule has 168 valence electrons. The van der Waals surface area contributed by atoms with Crippen molar-refractivity contribution >= 4 is 29.9 Å². The number of hydrogen-bond donors (Lipinski definition) is 2. The molecule has 1 aromatic rings. The Bertz CT molecular complexity index is 650. The van der Waals surface area contributed by atoms with Crippen LogP contribution in [0.3, 0.4) is 0 Å². The van der Waals surface area contributed by atoms with Gasteiger partial charge in [-0.1, -0.05) is 34.6 Å². The first-order chi connectivity index (χ1) is 13.3. The number of hydrogen-bond acceptors (Lipinski definition) is 3. The van der Waals surface area contributed by atoms with E-state index in [4.69, 9.17) is 9.73 Å². The van der Waals surface area contributed by atoms with Gasteiger partial charge in [0.1, 0.15) is 0 Å². The van der Waals surface area contributed by atoms with Crippen molar-refractivity contribution in [2.24, 2.45) is 23.4 Å². The second-order valence-corrected chi connectivity index (χ2v) is 8.84. The number of aryl methyl sites for hydroxylation is 2. The number of aliphatic imine (C=N–C) groups is 1. The van der Waals surface area contributed by atoms with Crippen molar-refractivity contribution in [3.8, 4) is 0 Å². The molecular weight excluding hydrogens is 477 g/mol. The van der Waals surface area contributed by atoms with Gasteiger partial charge in [-0.25, -0.2) is 4.99 Å². The van der Waals surface area contributed by atoms with Crippen LogP contribution in [-0.2, 0) is 31.2 Å². The van der Waals surface area contributed by atoms with E-state index < -0.39 is 0 Å². The minimum Gasteiger partial charge on any atom is -0.377 e. The Morgan fingerprint density at radius 3 is 2.52 bits per heavy atom. The summed E-state index contributed by atoms with van der Waals surface area (Å²) in [5.41, 5.74) is 3.87. The van der Waals surface area contributed by atoms with Crippen molar-refractivity contribution in [3.63, 3.8) is 0 Å². The van der Waals surface area contributed by atoms with Crippen LogP contribution in [0.5, 0.6) is 0 Å². The van der Waals surface area contributed by atoms with E-state index in [9.17, 15) is 0 Å². The highest BCUT2D eigenvalue weighted by Gasteiger charge is 2.35. The molecule has 2 rings (SSSR count). The van der Waals surface area contributed by atoms with E-state index in [0.29, 0.717) is 12.5 Å². The van der Waals surface area contributed by atoms with Gasteiger partial charge in [-0.2, -0.15) is 5.10 Å². The van der Waals surface area contributed by atoms with Gasteiger partial charge in [-0.3, -0.25) is 4.68 Å². The first-order valence-corrected chi connectivity index (χ1v) is 11.0. The molecule has 0 spiro atoms. The van der Waals surface area contributed by atoms with Crippen LogP contribution in [0.15, 0.2) is 4.99 Å². The zero-order valence-corrected chi connectivity index (χ0v) is 21.8. The van der Waals surface area contributed by atoms with Crippen molar-refractivity contribution in [2.45, 2.75) is 79.9 Å². The summed E-state index contributed by atoms with van der Waals surface area (Å²) in [4.78, 5) is 4.89. The predicted molar refractivity (Wildman–Crippen MR) is 132 cm³/mol. The topological polar surface area (TPSA) is 63.5 Å². The molecule has 29 heavy (non-hydrogen) atoms. The Kier molecular flexibility index (Phi) is 11.0. The Hall–Kier alpha value is -0.830. The molecule has 1 fully saturated rings. The largest absolute Gasteiger partial charge is 0.377 e. The van der Waals surface area contributed by atoms with Gasteiger partial charge < -0.3 is 15.4 Å². The van der Waals surface area contributed by atoms with E-state index in [2.05, 4.69) is 57.3 Å². The van der Waals surface area contributed by atoms with Crippen molar-refractivity contribution in [1.29, 1.82) is 0 Å². The Balaban J connectivity index is 0.00000420. The normalized spacial score (nSPS) is 20.3. The second kappa shape index (κ2) is 12.1. The molecule has 0 radical (unpaired) electrons. The second-order valence-electron chi connectivity index (χ2n) is 8.84. The summed E-state index contributed by atoms with van der Waals surface area (Å²) in [6, 6.07) is 0. The van der Waals surface area contributed by atoms with Crippen LogP contribution >= 0.6 is 24.0 Å². The van der Waals surface area contributed by atoms with Crippen LogP contribution in [0.1, 0.15) is 71.3 Å². The molecule has 0 aromatic carbocycles. The van der Waals surface area contributed by atoms with Gasteiger partial charge in [0.2, 0.25) is 0 Å². The fourth-order valence-corrected chi connectivity index (χ4v) is 4.31. The molecule has 1 aliphatic heterocycles. The van der Waals surface area contributed by atoms with Gasteiger partial charge in [0, 0.05) is 43.9 Å². The average Bonchev–Trinajstić information content (AvgIpc) is 2.98. The summed E-state index contributed by atoms with van der Waals surface area (Å²) in [6.45, 7) is 16.6. The van der Waals surface area contributed by atoms with Crippen LogP contribution in [0.2, 0.25) is 0 Å². The highest BCUT2D eigenvalue weighted by atomic mass is 127. The Morgan fingerprint density at radius 1 is 1.21 bits per heavy atom. The lowest BCUT2D eigenvalue weighted by molar-refractivity contribution is -0.0835. The van der Waals surface area contributed by atoms with Crippen LogP contribution in [0, 0.1) is 11.3 Å². The number of nitrogens with one attached hydrogen (secondary N) is 2. The first kappa shape index (κ1) is 26.2. The fraction of sp³-hybridized carbons (Fsp3) is 0.818. The van der Waals surface area contributed by atoms with E-state index in [-0.39, 0.29) is 35.5 Å². The monoisotopic (exact) mass is 519 g/mol. The maximum absolute atomic E-state index is 6.13. The zero-order chi connectivity index (χ0) is 20.7. The van der Waals surface area contributed by atoms with Gasteiger partial charge in [0.05, 0.1) is 18.3 Å². The summed E-state index contributed by atoms with van der Waals surface area (Å²) < 4.78 is 8.14. The third-order valence-corrected chi connectivity index (χ3v) is 5.60. The van der Waals surface area contributed by atoms with Gasteiger partial charge in [-0.15, -0.1) is 24.0 Å². The molecule has 1 saturated heterocycles. The minimum atomic E-state index is 0. The highest BCUT2D eigenvalue weighted by Crippen LogP contribution is 2.33. The minimum absolute atomic E-state index is 0. The summed E-state index contributed by atoms with van der Waals surface area (Å²) in [6.07, 6.45) is 4.55. The van der Waals surface area contributed by atoms with E-state index >= 15 is 0 Å². The lowest BCUT2D eigenvalue weighted by Gasteiger charge is -2.40. The number of ether oxygens (including phenoxy) is 1. The number of aromatic nitrogens is 2. The zero-order valence-electron chi connectivity index (χ0n) is 19.5. The molecule has 0 bridgehead atoms. The number of guanidine groups is 1. The number of halogens is 1. The van der Waals surface area contributed by atoms with Crippen LogP contribution < -0.4 is 10.6 Å². The van der Waals surface area contributed by atoms with Crippen molar-refractivity contribution in [1.82, 2.24) is 20.4 Å². The maximum atomic E-state index is 6.13. The molecule has 0 aliphatic carbocycles. The molecule has 2 heterocycles. The molecule has 2 atom stereocenters.